The third kappa shape index (κ3) is 6.67. The number of carbonyl (C=O) groups is 1. The fraction of sp³-hybridized carbons (Fsp3) is 0.381. The molecule has 0 heterocycles. The number of ether oxygens (including phenoxy) is 3. The van der Waals surface area contributed by atoms with E-state index in [0.29, 0.717) is 24.0 Å². The lowest BCUT2D eigenvalue weighted by Crippen LogP contribution is -2.38. The highest BCUT2D eigenvalue weighted by Gasteiger charge is 2.20. The van der Waals surface area contributed by atoms with E-state index in [9.17, 15) is 13.2 Å². The summed E-state index contributed by atoms with van der Waals surface area (Å²) >= 11 is 6.06. The first-order valence-corrected chi connectivity index (χ1v) is 11.4. The molecule has 0 saturated heterocycles. The Kier molecular flexibility index (Phi) is 8.41. The number of carbonyl (C=O) groups excluding carboxylic acids is 1. The second kappa shape index (κ2) is 10.6. The van der Waals surface area contributed by atoms with E-state index >= 15 is 0 Å². The molecule has 2 aromatic carbocycles. The van der Waals surface area contributed by atoms with E-state index in [2.05, 4.69) is 10.0 Å². The number of rotatable bonds is 10. The molecule has 0 aliphatic carbocycles. The van der Waals surface area contributed by atoms with Crippen LogP contribution in [0.25, 0.3) is 0 Å². The Morgan fingerprint density at radius 2 is 1.65 bits per heavy atom. The molecule has 0 aromatic heterocycles. The quantitative estimate of drug-likeness (QED) is 0.548. The number of anilines is 1. The molecule has 0 radical (unpaired) electrons. The second-order valence-corrected chi connectivity index (χ2v) is 9.25. The zero-order chi connectivity index (χ0) is 23.2. The molecular weight excluding hydrogens is 444 g/mol. The van der Waals surface area contributed by atoms with E-state index in [1.165, 1.54) is 50.6 Å². The first-order chi connectivity index (χ1) is 14.6. The molecule has 0 aliphatic rings. The minimum absolute atomic E-state index is 0.00716. The van der Waals surface area contributed by atoms with Gasteiger partial charge >= 0.3 is 0 Å². The summed E-state index contributed by atoms with van der Waals surface area (Å²) in [6.45, 7) is 6.17. The molecule has 2 aromatic rings. The first kappa shape index (κ1) is 24.6. The van der Waals surface area contributed by atoms with E-state index in [1.54, 1.807) is 6.92 Å². The van der Waals surface area contributed by atoms with Gasteiger partial charge in [-0.25, -0.2) is 8.42 Å². The van der Waals surface area contributed by atoms with Crippen molar-refractivity contribution in [2.75, 3.05) is 25.5 Å². The summed E-state index contributed by atoms with van der Waals surface area (Å²) in [5, 5.41) is 3.08. The number of hydrogen-bond acceptors (Lipinski definition) is 6. The normalized spacial score (nSPS) is 12.2. The summed E-state index contributed by atoms with van der Waals surface area (Å²) in [4.78, 5) is 12.1. The van der Waals surface area contributed by atoms with Crippen molar-refractivity contribution in [1.82, 2.24) is 5.32 Å². The number of methoxy groups -OCH3 is 2. The maximum Gasteiger partial charge on any atom is 0.262 e. The molecule has 0 aliphatic heterocycles. The van der Waals surface area contributed by atoms with Crippen LogP contribution >= 0.6 is 11.6 Å². The molecule has 8 nitrogen and oxygen atoms in total. The highest BCUT2D eigenvalue weighted by Crippen LogP contribution is 2.37. The fourth-order valence-corrected chi connectivity index (χ4v) is 3.84. The Balaban J connectivity index is 2.14. The van der Waals surface area contributed by atoms with Crippen molar-refractivity contribution < 1.29 is 27.4 Å². The van der Waals surface area contributed by atoms with Crippen LogP contribution in [-0.2, 0) is 14.8 Å². The molecule has 170 valence electrons. The number of sulfonamides is 1. The van der Waals surface area contributed by atoms with Gasteiger partial charge in [-0.3, -0.25) is 9.52 Å². The first-order valence-electron chi connectivity index (χ1n) is 9.56. The van der Waals surface area contributed by atoms with E-state index in [-0.39, 0.29) is 27.3 Å². The monoisotopic (exact) mass is 470 g/mol. The van der Waals surface area contributed by atoms with Gasteiger partial charge in [-0.15, -0.1) is 0 Å². The van der Waals surface area contributed by atoms with Crippen LogP contribution in [0.5, 0.6) is 17.2 Å². The lowest BCUT2D eigenvalue weighted by atomic mass is 10.2. The summed E-state index contributed by atoms with van der Waals surface area (Å²) in [5.41, 5.74) is 0.180. The smallest absolute Gasteiger partial charge is 0.262 e. The van der Waals surface area contributed by atoms with Crippen molar-refractivity contribution in [2.24, 2.45) is 5.92 Å². The number of benzene rings is 2. The van der Waals surface area contributed by atoms with Gasteiger partial charge in [-0.05, 0) is 37.1 Å². The molecule has 0 unspecified atom stereocenters. The van der Waals surface area contributed by atoms with Crippen LogP contribution in [0.1, 0.15) is 20.8 Å². The van der Waals surface area contributed by atoms with Crippen molar-refractivity contribution in [2.45, 2.75) is 31.8 Å². The lowest BCUT2D eigenvalue weighted by Gasteiger charge is -2.16. The topological polar surface area (TPSA) is 103 Å². The summed E-state index contributed by atoms with van der Waals surface area (Å²) in [6.07, 6.45) is -0.717. The van der Waals surface area contributed by atoms with Gasteiger partial charge in [-0.1, -0.05) is 25.4 Å². The number of amides is 1. The van der Waals surface area contributed by atoms with Crippen molar-refractivity contribution >= 4 is 33.2 Å². The van der Waals surface area contributed by atoms with Gasteiger partial charge < -0.3 is 19.5 Å². The van der Waals surface area contributed by atoms with Gasteiger partial charge in [0.15, 0.2) is 6.10 Å². The molecule has 1 amide bonds. The van der Waals surface area contributed by atoms with E-state index < -0.39 is 16.1 Å². The molecular formula is C21H27ClN2O6S. The minimum atomic E-state index is -3.93. The maximum absolute atomic E-state index is 12.8. The van der Waals surface area contributed by atoms with Crippen molar-refractivity contribution in [1.29, 1.82) is 0 Å². The molecule has 0 saturated carbocycles. The molecule has 0 spiro atoms. The second-order valence-electron chi connectivity index (χ2n) is 7.16. The van der Waals surface area contributed by atoms with E-state index in [0.717, 1.165) is 0 Å². The summed E-state index contributed by atoms with van der Waals surface area (Å²) < 4.78 is 44.0. The molecule has 10 heteroatoms. The van der Waals surface area contributed by atoms with E-state index in [1.807, 2.05) is 13.8 Å². The average Bonchev–Trinajstić information content (AvgIpc) is 2.72. The van der Waals surface area contributed by atoms with Gasteiger partial charge in [0.2, 0.25) is 0 Å². The number of hydrogen-bond donors (Lipinski definition) is 2. The molecule has 0 bridgehead atoms. The zero-order valence-electron chi connectivity index (χ0n) is 18.1. The van der Waals surface area contributed by atoms with Crippen molar-refractivity contribution in [3.63, 3.8) is 0 Å². The van der Waals surface area contributed by atoms with Crippen LogP contribution in [-0.4, -0.2) is 41.2 Å². The standard InChI is InChI=1S/C21H27ClN2O6S/c1-13(2)12-23-21(25)14(3)30-15-6-8-16(9-7-15)31(26,27)24-18-11-19(28-4)17(22)10-20(18)29-5/h6-11,13-14,24H,12H2,1-5H3,(H,23,25)/t14-/m1/s1. The Hall–Kier alpha value is -2.65. The zero-order valence-corrected chi connectivity index (χ0v) is 19.6. The molecule has 2 N–H and O–H groups in total. The van der Waals surface area contributed by atoms with Crippen molar-refractivity contribution in [3.05, 3.63) is 41.4 Å². The molecule has 31 heavy (non-hydrogen) atoms. The average molecular weight is 471 g/mol. The maximum atomic E-state index is 12.8. The Bertz CT molecular complexity index is 1010. The van der Waals surface area contributed by atoms with Gasteiger partial charge in [0.05, 0.1) is 29.8 Å². The predicted molar refractivity (Wildman–Crippen MR) is 120 cm³/mol. The largest absolute Gasteiger partial charge is 0.495 e. The van der Waals surface area contributed by atoms with E-state index in [4.69, 9.17) is 25.8 Å². The third-order valence-electron chi connectivity index (χ3n) is 4.22. The third-order valence-corrected chi connectivity index (χ3v) is 5.90. The van der Waals surface area contributed by atoms with Gasteiger partial charge in [0.25, 0.3) is 15.9 Å². The van der Waals surface area contributed by atoms with Crippen LogP contribution in [0.3, 0.4) is 0 Å². The number of nitrogens with one attached hydrogen (secondary N) is 2. The highest BCUT2D eigenvalue weighted by atomic mass is 35.5. The Morgan fingerprint density at radius 3 is 2.19 bits per heavy atom. The summed E-state index contributed by atoms with van der Waals surface area (Å²) in [5.74, 6) is 1.00. The molecule has 2 rings (SSSR count). The fourth-order valence-electron chi connectivity index (χ4n) is 2.55. The summed E-state index contributed by atoms with van der Waals surface area (Å²) in [6, 6.07) is 8.64. The molecule has 0 fully saturated rings. The van der Waals surface area contributed by atoms with Crippen LogP contribution in [0.4, 0.5) is 5.69 Å². The van der Waals surface area contributed by atoms with Crippen LogP contribution in [0.15, 0.2) is 41.3 Å². The van der Waals surface area contributed by atoms with Crippen LogP contribution in [0, 0.1) is 5.92 Å². The van der Waals surface area contributed by atoms with Gasteiger partial charge in [0.1, 0.15) is 17.2 Å². The Morgan fingerprint density at radius 1 is 1.03 bits per heavy atom. The lowest BCUT2D eigenvalue weighted by molar-refractivity contribution is -0.127. The van der Waals surface area contributed by atoms with Gasteiger partial charge in [-0.2, -0.15) is 0 Å². The van der Waals surface area contributed by atoms with Crippen LogP contribution < -0.4 is 24.2 Å². The number of halogens is 1. The van der Waals surface area contributed by atoms with Crippen LogP contribution in [0.2, 0.25) is 5.02 Å². The van der Waals surface area contributed by atoms with Crippen molar-refractivity contribution in [3.8, 4) is 17.2 Å². The molecule has 1 atom stereocenters. The van der Waals surface area contributed by atoms with Gasteiger partial charge in [0, 0.05) is 18.7 Å². The highest BCUT2D eigenvalue weighted by molar-refractivity contribution is 7.92. The Labute approximate surface area is 187 Å². The predicted octanol–water partition coefficient (Wildman–Crippen LogP) is 3.70. The SMILES string of the molecule is COc1cc(NS(=O)(=O)c2ccc(O[C@H](C)C(=O)NCC(C)C)cc2)c(OC)cc1Cl. The minimum Gasteiger partial charge on any atom is -0.495 e. The summed E-state index contributed by atoms with van der Waals surface area (Å²) in [7, 11) is -1.10.